The third-order valence-electron chi connectivity index (χ3n) is 4.29. The third kappa shape index (κ3) is 4.85. The number of esters is 1. The fourth-order valence-corrected chi connectivity index (χ4v) is 4.05. The summed E-state index contributed by atoms with van der Waals surface area (Å²) in [6, 6.07) is 6.51. The molecular formula is C18H19ClN2O6S. The number of nitrogens with zero attached hydrogens (tertiary/aromatic N) is 2. The van der Waals surface area contributed by atoms with E-state index in [9.17, 15) is 24.8 Å². The van der Waals surface area contributed by atoms with Crippen molar-refractivity contribution in [3.63, 3.8) is 0 Å². The summed E-state index contributed by atoms with van der Waals surface area (Å²) < 4.78 is 4.94. The standard InChI is InChI=1S/C18H19ClN2O6S/c1-10-16(21(25)26)15(13-4-6-14(19)7-5-13)17(28-18(23)24)11(2)20(10)8-9-27-12(3)22/h4-7,15H,8-9H2,1-3H3,(H,23,24). The Hall–Kier alpha value is -2.52. The maximum Gasteiger partial charge on any atom is 0.369 e. The Morgan fingerprint density at radius 3 is 2.39 bits per heavy atom. The van der Waals surface area contributed by atoms with Gasteiger partial charge >= 0.3 is 11.3 Å². The monoisotopic (exact) mass is 426 g/mol. The first-order chi connectivity index (χ1) is 13.1. The van der Waals surface area contributed by atoms with Crippen LogP contribution in [0.1, 0.15) is 32.3 Å². The fourth-order valence-electron chi connectivity index (χ4n) is 3.11. The normalized spacial score (nSPS) is 17.0. The average Bonchev–Trinajstić information content (AvgIpc) is 2.60. The van der Waals surface area contributed by atoms with Crippen LogP contribution in [0, 0.1) is 10.1 Å². The minimum absolute atomic E-state index is 0.0195. The van der Waals surface area contributed by atoms with Gasteiger partial charge in [-0.2, -0.15) is 0 Å². The number of carboxylic acid groups (broad SMARTS) is 1. The van der Waals surface area contributed by atoms with Gasteiger partial charge < -0.3 is 14.7 Å². The third-order valence-corrected chi connectivity index (χ3v) is 5.47. The van der Waals surface area contributed by atoms with Crippen LogP contribution in [-0.2, 0) is 9.53 Å². The van der Waals surface area contributed by atoms with Crippen LogP contribution in [0.25, 0.3) is 0 Å². The maximum atomic E-state index is 11.9. The highest BCUT2D eigenvalue weighted by Gasteiger charge is 2.41. The van der Waals surface area contributed by atoms with Crippen LogP contribution in [-0.4, -0.2) is 39.4 Å². The van der Waals surface area contributed by atoms with Gasteiger partial charge in [0.05, 0.1) is 17.2 Å². The molecule has 0 amide bonds. The maximum absolute atomic E-state index is 11.9. The minimum Gasteiger partial charge on any atom is -0.473 e. The lowest BCUT2D eigenvalue weighted by molar-refractivity contribution is -0.431. The lowest BCUT2D eigenvalue weighted by Crippen LogP contribution is -2.34. The molecule has 1 aliphatic heterocycles. The number of halogens is 1. The van der Waals surface area contributed by atoms with Gasteiger partial charge in [0.15, 0.2) is 0 Å². The van der Waals surface area contributed by atoms with Crippen molar-refractivity contribution in [2.45, 2.75) is 26.7 Å². The van der Waals surface area contributed by atoms with Crippen molar-refractivity contribution < 1.29 is 24.4 Å². The predicted molar refractivity (Wildman–Crippen MR) is 106 cm³/mol. The second kappa shape index (κ2) is 9.11. The minimum atomic E-state index is -1.17. The molecule has 1 aromatic rings. The van der Waals surface area contributed by atoms with E-state index in [0.29, 0.717) is 38.6 Å². The van der Waals surface area contributed by atoms with Gasteiger partial charge in [-0.15, -0.1) is 0 Å². The van der Waals surface area contributed by atoms with Crippen molar-refractivity contribution in [3.8, 4) is 0 Å². The van der Waals surface area contributed by atoms with Crippen LogP contribution >= 0.6 is 23.4 Å². The SMILES string of the molecule is CC(=O)OCCN1C(C)=C(SC(=O)O)C(c2ccc(Cl)cc2)C([N+](=O)[O-])=C1C. The Kier molecular flexibility index (Phi) is 7.09. The molecule has 0 saturated carbocycles. The van der Waals surface area contributed by atoms with Crippen molar-refractivity contribution in [1.29, 1.82) is 0 Å². The number of carbonyl (C=O) groups excluding carboxylic acids is 1. The molecule has 0 bridgehead atoms. The summed E-state index contributed by atoms with van der Waals surface area (Å²) in [5.41, 5.74) is 1.37. The predicted octanol–water partition coefficient (Wildman–Crippen LogP) is 4.45. The Morgan fingerprint density at radius 2 is 1.89 bits per heavy atom. The highest BCUT2D eigenvalue weighted by Crippen LogP contribution is 2.46. The molecule has 0 fully saturated rings. The summed E-state index contributed by atoms with van der Waals surface area (Å²) in [5, 5.41) is 20.6. The highest BCUT2D eigenvalue weighted by molar-refractivity contribution is 8.16. The highest BCUT2D eigenvalue weighted by atomic mass is 35.5. The Balaban J connectivity index is 2.58. The largest absolute Gasteiger partial charge is 0.473 e. The lowest BCUT2D eigenvalue weighted by atomic mass is 9.90. The van der Waals surface area contributed by atoms with Gasteiger partial charge in [0, 0.05) is 22.5 Å². The zero-order valence-electron chi connectivity index (χ0n) is 15.5. The number of hydrogen-bond acceptors (Lipinski definition) is 7. The number of ether oxygens (including phenoxy) is 1. The second-order valence-corrected chi connectivity index (χ2v) is 7.45. The number of benzene rings is 1. The average molecular weight is 427 g/mol. The van der Waals surface area contributed by atoms with E-state index in [4.69, 9.17) is 16.3 Å². The summed E-state index contributed by atoms with van der Waals surface area (Å²) in [6.07, 6.45) is 0. The van der Waals surface area contributed by atoms with E-state index < -0.39 is 22.1 Å². The van der Waals surface area contributed by atoms with E-state index in [-0.39, 0.29) is 18.8 Å². The van der Waals surface area contributed by atoms with Crippen molar-refractivity contribution >= 4 is 34.6 Å². The van der Waals surface area contributed by atoms with E-state index in [0.717, 1.165) is 0 Å². The molecule has 2 rings (SSSR count). The lowest BCUT2D eigenvalue weighted by Gasteiger charge is -2.34. The molecule has 1 atom stereocenters. The molecular weight excluding hydrogens is 408 g/mol. The molecule has 0 saturated heterocycles. The molecule has 0 radical (unpaired) electrons. The number of hydrogen-bond donors (Lipinski definition) is 1. The Labute approximate surface area is 170 Å². The van der Waals surface area contributed by atoms with Crippen molar-refractivity contribution in [2.24, 2.45) is 0 Å². The summed E-state index contributed by atoms with van der Waals surface area (Å²) in [4.78, 5) is 35.8. The van der Waals surface area contributed by atoms with E-state index in [1.807, 2.05) is 0 Å². The number of rotatable bonds is 6. The molecule has 0 aromatic heterocycles. The smallest absolute Gasteiger partial charge is 0.369 e. The van der Waals surface area contributed by atoms with Gasteiger partial charge in [-0.25, -0.2) is 4.79 Å². The Morgan fingerprint density at radius 1 is 1.29 bits per heavy atom. The second-order valence-electron chi connectivity index (χ2n) is 6.02. The summed E-state index contributed by atoms with van der Waals surface area (Å²) >= 11 is 6.46. The zero-order chi connectivity index (χ0) is 21.0. The quantitative estimate of drug-likeness (QED) is 0.403. The first-order valence-electron chi connectivity index (χ1n) is 8.26. The first kappa shape index (κ1) is 21.8. The number of thioether (sulfide) groups is 1. The van der Waals surface area contributed by atoms with Gasteiger partial charge in [0.2, 0.25) is 0 Å². The van der Waals surface area contributed by atoms with E-state index in [1.54, 1.807) is 43.0 Å². The number of nitro groups is 1. The molecule has 1 aliphatic rings. The van der Waals surface area contributed by atoms with Crippen molar-refractivity contribution in [3.05, 3.63) is 67.0 Å². The molecule has 0 spiro atoms. The van der Waals surface area contributed by atoms with E-state index in [1.165, 1.54) is 6.92 Å². The molecule has 1 heterocycles. The van der Waals surface area contributed by atoms with Crippen LogP contribution in [0.4, 0.5) is 4.79 Å². The molecule has 10 heteroatoms. The molecule has 1 N–H and O–H groups in total. The van der Waals surface area contributed by atoms with Crippen LogP contribution in [0.15, 0.2) is 46.3 Å². The van der Waals surface area contributed by atoms with Crippen molar-refractivity contribution in [2.75, 3.05) is 13.2 Å². The summed E-state index contributed by atoms with van der Waals surface area (Å²) in [5.74, 6) is -1.31. The van der Waals surface area contributed by atoms with Gasteiger partial charge in [-0.3, -0.25) is 14.9 Å². The topological polar surface area (TPSA) is 110 Å². The van der Waals surface area contributed by atoms with Crippen LogP contribution < -0.4 is 0 Å². The summed E-state index contributed by atoms with van der Waals surface area (Å²) in [6.45, 7) is 4.76. The van der Waals surface area contributed by atoms with Gasteiger partial charge in [-0.05, 0) is 43.3 Å². The molecule has 28 heavy (non-hydrogen) atoms. The van der Waals surface area contributed by atoms with E-state index in [2.05, 4.69) is 0 Å². The molecule has 150 valence electrons. The first-order valence-corrected chi connectivity index (χ1v) is 9.46. The Bertz CT molecular complexity index is 865. The van der Waals surface area contributed by atoms with Crippen molar-refractivity contribution in [1.82, 2.24) is 4.90 Å². The molecule has 0 aliphatic carbocycles. The van der Waals surface area contributed by atoms with Gasteiger partial charge in [-0.1, -0.05) is 23.7 Å². The number of allylic oxidation sites excluding steroid dienone is 3. The molecule has 8 nitrogen and oxygen atoms in total. The van der Waals surface area contributed by atoms with Gasteiger partial charge in [0.1, 0.15) is 12.5 Å². The number of carbonyl (C=O) groups is 2. The van der Waals surface area contributed by atoms with Crippen LogP contribution in [0.2, 0.25) is 5.02 Å². The molecule has 1 aromatic carbocycles. The van der Waals surface area contributed by atoms with E-state index >= 15 is 0 Å². The van der Waals surface area contributed by atoms with Crippen LogP contribution in [0.3, 0.4) is 0 Å². The zero-order valence-corrected chi connectivity index (χ0v) is 17.0. The summed E-state index contributed by atoms with van der Waals surface area (Å²) in [7, 11) is 0. The molecule has 1 unspecified atom stereocenters. The van der Waals surface area contributed by atoms with Gasteiger partial charge in [0.25, 0.3) is 5.70 Å². The van der Waals surface area contributed by atoms with Crippen LogP contribution in [0.5, 0.6) is 0 Å². The fraction of sp³-hybridized carbons (Fsp3) is 0.333.